The van der Waals surface area contributed by atoms with Crippen molar-refractivity contribution < 1.29 is 4.55 Å². The number of H-pyrrole nitrogens is 1. The summed E-state index contributed by atoms with van der Waals surface area (Å²) in [6.45, 7) is 1.90. The largest absolute Gasteiger partial charge is 0.616 e. The number of nitrogens with zero attached hydrogens (tertiary/aromatic N) is 2. The fourth-order valence-electron chi connectivity index (χ4n) is 1.26. The van der Waals surface area contributed by atoms with Crippen LogP contribution in [0, 0.1) is 0 Å². The number of fused-ring (bicyclic) bond motifs is 1. The molecule has 2 heterocycles. The summed E-state index contributed by atoms with van der Waals surface area (Å²) in [5.74, 6) is 1.13. The first-order valence-electron chi connectivity index (χ1n) is 4.44. The molecule has 1 unspecified atom stereocenters. The molecule has 0 bridgehead atoms. The summed E-state index contributed by atoms with van der Waals surface area (Å²) in [7, 11) is 0. The second kappa shape index (κ2) is 3.98. The minimum absolute atomic E-state index is 0.480. The molecule has 0 saturated carbocycles. The first-order valence-corrected chi connectivity index (χ1v) is 5.93. The Labute approximate surface area is 84.9 Å². The van der Waals surface area contributed by atoms with E-state index < -0.39 is 11.2 Å². The molecule has 0 fully saturated rings. The molecule has 0 amide bonds. The Kier molecular flexibility index (Phi) is 2.69. The Morgan fingerprint density at radius 3 is 3.21 bits per heavy atom. The number of aromatic amines is 1. The zero-order valence-electron chi connectivity index (χ0n) is 7.86. The van der Waals surface area contributed by atoms with Crippen molar-refractivity contribution in [1.29, 1.82) is 0 Å². The minimum atomic E-state index is -0.835. The molecule has 2 aromatic heterocycles. The highest BCUT2D eigenvalue weighted by Crippen LogP contribution is 2.14. The van der Waals surface area contributed by atoms with E-state index in [2.05, 4.69) is 15.2 Å². The van der Waals surface area contributed by atoms with Crippen LogP contribution >= 0.6 is 0 Å². The molecule has 2 rings (SSSR count). The summed E-state index contributed by atoms with van der Waals surface area (Å²) in [6, 6.07) is 3.76. The quantitative estimate of drug-likeness (QED) is 0.773. The zero-order chi connectivity index (χ0) is 9.97. The highest BCUT2D eigenvalue weighted by molar-refractivity contribution is 7.90. The van der Waals surface area contributed by atoms with Gasteiger partial charge in [0.05, 0.1) is 5.52 Å². The van der Waals surface area contributed by atoms with E-state index in [4.69, 9.17) is 0 Å². The molecule has 0 aliphatic heterocycles. The van der Waals surface area contributed by atoms with Crippen LogP contribution in [0.2, 0.25) is 0 Å². The van der Waals surface area contributed by atoms with Gasteiger partial charge in [0, 0.05) is 6.20 Å². The standard InChI is InChI=1S/C9H11N3OS/c1-2-14(13)6-8-9-7(11-12-8)4-3-5-10-9/h3-5H,2,6H2,1H3,(H,11,12). The third-order valence-electron chi connectivity index (χ3n) is 2.01. The second-order valence-corrected chi connectivity index (χ2v) is 4.69. The number of nitrogens with one attached hydrogen (secondary N) is 1. The van der Waals surface area contributed by atoms with E-state index in [1.54, 1.807) is 6.20 Å². The summed E-state index contributed by atoms with van der Waals surface area (Å²) >= 11 is -0.835. The molecule has 0 aliphatic rings. The van der Waals surface area contributed by atoms with Gasteiger partial charge in [-0.25, -0.2) is 0 Å². The van der Waals surface area contributed by atoms with Gasteiger partial charge in [-0.3, -0.25) is 10.1 Å². The van der Waals surface area contributed by atoms with Crippen LogP contribution in [0.1, 0.15) is 12.6 Å². The zero-order valence-corrected chi connectivity index (χ0v) is 8.67. The molecule has 14 heavy (non-hydrogen) atoms. The number of aromatic nitrogens is 3. The Morgan fingerprint density at radius 1 is 1.57 bits per heavy atom. The Balaban J connectivity index is 2.33. The second-order valence-electron chi connectivity index (χ2n) is 2.94. The summed E-state index contributed by atoms with van der Waals surface area (Å²) in [5.41, 5.74) is 2.52. The van der Waals surface area contributed by atoms with Gasteiger partial charge in [-0.15, -0.1) is 0 Å². The van der Waals surface area contributed by atoms with Crippen LogP contribution in [-0.4, -0.2) is 25.5 Å². The fraction of sp³-hybridized carbons (Fsp3) is 0.333. The van der Waals surface area contributed by atoms with Crippen molar-refractivity contribution in [1.82, 2.24) is 15.2 Å². The van der Waals surface area contributed by atoms with Crippen molar-refractivity contribution in [2.24, 2.45) is 0 Å². The number of pyridine rings is 1. The van der Waals surface area contributed by atoms with Gasteiger partial charge in [-0.05, 0) is 30.2 Å². The molecular weight excluding hydrogens is 198 g/mol. The van der Waals surface area contributed by atoms with E-state index in [0.717, 1.165) is 16.7 Å². The summed E-state index contributed by atoms with van der Waals surface area (Å²) in [4.78, 5) is 4.20. The van der Waals surface area contributed by atoms with Gasteiger partial charge in [-0.2, -0.15) is 5.10 Å². The van der Waals surface area contributed by atoms with Gasteiger partial charge in [0.15, 0.2) is 5.75 Å². The molecule has 0 radical (unpaired) electrons. The van der Waals surface area contributed by atoms with Crippen LogP contribution in [0.5, 0.6) is 0 Å². The predicted octanol–water partition coefficient (Wildman–Crippen LogP) is 1.23. The third-order valence-corrected chi connectivity index (χ3v) is 3.25. The van der Waals surface area contributed by atoms with Crippen molar-refractivity contribution in [3.8, 4) is 0 Å². The maximum atomic E-state index is 11.4. The van der Waals surface area contributed by atoms with E-state index in [9.17, 15) is 4.55 Å². The summed E-state index contributed by atoms with van der Waals surface area (Å²) in [6.07, 6.45) is 1.72. The molecule has 2 aromatic rings. The average Bonchev–Trinajstić information content (AvgIpc) is 2.62. The van der Waals surface area contributed by atoms with Gasteiger partial charge in [-0.1, -0.05) is 0 Å². The van der Waals surface area contributed by atoms with Gasteiger partial charge < -0.3 is 4.55 Å². The molecular formula is C9H11N3OS. The summed E-state index contributed by atoms with van der Waals surface area (Å²) in [5, 5.41) is 6.97. The first-order chi connectivity index (χ1) is 6.81. The summed E-state index contributed by atoms with van der Waals surface area (Å²) < 4.78 is 11.4. The van der Waals surface area contributed by atoms with Crippen molar-refractivity contribution in [2.45, 2.75) is 12.7 Å². The molecule has 0 aromatic carbocycles. The van der Waals surface area contributed by atoms with E-state index in [-0.39, 0.29) is 0 Å². The van der Waals surface area contributed by atoms with Crippen molar-refractivity contribution in [2.75, 3.05) is 5.75 Å². The first kappa shape index (κ1) is 9.48. The van der Waals surface area contributed by atoms with Gasteiger partial charge in [0.1, 0.15) is 17.0 Å². The lowest BCUT2D eigenvalue weighted by Crippen LogP contribution is -2.07. The van der Waals surface area contributed by atoms with Crippen LogP contribution in [0.3, 0.4) is 0 Å². The Morgan fingerprint density at radius 2 is 2.43 bits per heavy atom. The Hall–Kier alpha value is -1.07. The number of hydrogen-bond acceptors (Lipinski definition) is 3. The maximum absolute atomic E-state index is 11.4. The van der Waals surface area contributed by atoms with Crippen molar-refractivity contribution in [3.05, 3.63) is 24.0 Å². The average molecular weight is 209 g/mol. The fourth-order valence-corrected chi connectivity index (χ4v) is 1.97. The highest BCUT2D eigenvalue weighted by Gasteiger charge is 2.12. The lowest BCUT2D eigenvalue weighted by atomic mass is 10.3. The molecule has 1 N–H and O–H groups in total. The molecule has 5 heteroatoms. The van der Waals surface area contributed by atoms with Crippen molar-refractivity contribution >= 4 is 22.2 Å². The van der Waals surface area contributed by atoms with Crippen LogP contribution in [0.15, 0.2) is 18.3 Å². The van der Waals surface area contributed by atoms with Gasteiger partial charge in [0.25, 0.3) is 0 Å². The predicted molar refractivity (Wildman–Crippen MR) is 56.3 cm³/mol. The monoisotopic (exact) mass is 209 g/mol. The van der Waals surface area contributed by atoms with E-state index in [1.165, 1.54) is 0 Å². The van der Waals surface area contributed by atoms with Crippen LogP contribution in [0.25, 0.3) is 11.0 Å². The van der Waals surface area contributed by atoms with Crippen LogP contribution in [-0.2, 0) is 16.9 Å². The molecule has 74 valence electrons. The van der Waals surface area contributed by atoms with Crippen molar-refractivity contribution in [3.63, 3.8) is 0 Å². The van der Waals surface area contributed by atoms with E-state index >= 15 is 0 Å². The topological polar surface area (TPSA) is 64.6 Å². The smallest absolute Gasteiger partial charge is 0.151 e. The molecule has 4 nitrogen and oxygen atoms in total. The third kappa shape index (κ3) is 1.73. The van der Waals surface area contributed by atoms with E-state index in [0.29, 0.717) is 11.5 Å². The number of hydrogen-bond donors (Lipinski definition) is 1. The molecule has 0 spiro atoms. The molecule has 0 aliphatic carbocycles. The van der Waals surface area contributed by atoms with Crippen LogP contribution < -0.4 is 0 Å². The SMILES string of the molecule is CC[S+]([O-])Cc1n[nH]c2cccnc12. The number of rotatable bonds is 3. The minimum Gasteiger partial charge on any atom is -0.616 e. The molecule has 0 saturated heterocycles. The van der Waals surface area contributed by atoms with Crippen LogP contribution in [0.4, 0.5) is 0 Å². The normalized spacial score (nSPS) is 13.3. The van der Waals surface area contributed by atoms with E-state index in [1.807, 2.05) is 19.1 Å². The lowest BCUT2D eigenvalue weighted by Gasteiger charge is -2.05. The maximum Gasteiger partial charge on any atom is 0.151 e. The van der Waals surface area contributed by atoms with Gasteiger partial charge in [0.2, 0.25) is 0 Å². The highest BCUT2D eigenvalue weighted by atomic mass is 32.2. The lowest BCUT2D eigenvalue weighted by molar-refractivity contribution is 0.595. The molecule has 1 atom stereocenters. The van der Waals surface area contributed by atoms with Gasteiger partial charge >= 0.3 is 0 Å². The Bertz CT molecular complexity index is 429.